The Hall–Kier alpha value is -5.97. The van der Waals surface area contributed by atoms with E-state index in [2.05, 4.69) is 10.3 Å². The van der Waals surface area contributed by atoms with Gasteiger partial charge < -0.3 is 19.8 Å². The first kappa shape index (κ1) is 33.5. The lowest BCUT2D eigenvalue weighted by molar-refractivity contribution is -0.122. The molecule has 7 rings (SSSR count). The van der Waals surface area contributed by atoms with Gasteiger partial charge in [-0.15, -0.1) is 0 Å². The summed E-state index contributed by atoms with van der Waals surface area (Å²) in [4.78, 5) is 63.3. The second kappa shape index (κ2) is 15.3. The van der Waals surface area contributed by atoms with Crippen molar-refractivity contribution in [2.45, 2.75) is 57.4 Å². The van der Waals surface area contributed by atoms with E-state index in [0.717, 1.165) is 46.3 Å². The molecule has 2 atom stereocenters. The number of ether oxygens (including phenoxy) is 2. The normalized spacial score (nSPS) is 17.0. The Bertz CT molecular complexity index is 2010. The Morgan fingerprint density at radius 2 is 1.31 bits per heavy atom. The number of rotatable bonds is 10. The van der Waals surface area contributed by atoms with Gasteiger partial charge in [-0.1, -0.05) is 72.8 Å². The molecule has 0 unspecified atom stereocenters. The lowest BCUT2D eigenvalue weighted by Gasteiger charge is -2.23. The van der Waals surface area contributed by atoms with Crippen molar-refractivity contribution < 1.29 is 28.7 Å². The van der Waals surface area contributed by atoms with Crippen LogP contribution < -0.4 is 5.32 Å². The van der Waals surface area contributed by atoms with Crippen molar-refractivity contribution in [1.82, 2.24) is 19.8 Å². The highest BCUT2D eigenvalue weighted by Crippen LogP contribution is 2.27. The summed E-state index contributed by atoms with van der Waals surface area (Å²) < 4.78 is 11.0. The van der Waals surface area contributed by atoms with Gasteiger partial charge in [-0.05, 0) is 72.7 Å². The molecule has 51 heavy (non-hydrogen) atoms. The zero-order valence-corrected chi connectivity index (χ0v) is 28.1. The summed E-state index contributed by atoms with van der Waals surface area (Å²) in [6.07, 6.45) is 1.79. The van der Waals surface area contributed by atoms with Crippen LogP contribution in [0.1, 0.15) is 42.5 Å². The van der Waals surface area contributed by atoms with Gasteiger partial charge in [-0.2, -0.15) is 0 Å². The SMILES string of the molecule is O=C(Cc1ccc2[nH]c(-c3ccc(NC(=O)[C@@H]4CCCN4C(=O)OCc4ccccc4)cc3)cc2n1)[C@@H]1CCCN1C(=O)OCc1ccccc1. The Morgan fingerprint density at radius 3 is 1.94 bits per heavy atom. The maximum atomic E-state index is 13.3. The number of carbonyl (C=O) groups excluding carboxylic acids is 4. The van der Waals surface area contributed by atoms with Crippen LogP contribution in [0.25, 0.3) is 22.3 Å². The van der Waals surface area contributed by atoms with Crippen LogP contribution in [-0.2, 0) is 38.7 Å². The summed E-state index contributed by atoms with van der Waals surface area (Å²) in [6, 6.07) is 30.9. The molecular weight excluding hydrogens is 646 g/mol. The molecule has 11 heteroatoms. The fourth-order valence-electron chi connectivity index (χ4n) is 6.74. The molecule has 2 saturated heterocycles. The van der Waals surface area contributed by atoms with Crippen LogP contribution in [0, 0.1) is 0 Å². The number of benzene rings is 3. The lowest BCUT2D eigenvalue weighted by atomic mass is 10.1. The van der Waals surface area contributed by atoms with Crippen molar-refractivity contribution in [1.29, 1.82) is 0 Å². The molecule has 0 radical (unpaired) electrons. The Morgan fingerprint density at radius 1 is 0.725 bits per heavy atom. The first-order valence-electron chi connectivity index (χ1n) is 17.3. The van der Waals surface area contributed by atoms with Gasteiger partial charge in [0.05, 0.1) is 23.5 Å². The fraction of sp³-hybridized carbons (Fsp3) is 0.275. The first-order chi connectivity index (χ1) is 24.9. The molecule has 0 bridgehead atoms. The smallest absolute Gasteiger partial charge is 0.410 e. The number of aromatic nitrogens is 2. The maximum Gasteiger partial charge on any atom is 0.410 e. The first-order valence-corrected chi connectivity index (χ1v) is 17.3. The number of pyridine rings is 1. The van der Waals surface area contributed by atoms with Crippen molar-refractivity contribution in [3.8, 4) is 11.3 Å². The van der Waals surface area contributed by atoms with E-state index >= 15 is 0 Å². The molecule has 3 aromatic carbocycles. The summed E-state index contributed by atoms with van der Waals surface area (Å²) in [6.45, 7) is 1.28. The van der Waals surface area contributed by atoms with E-state index in [-0.39, 0.29) is 31.3 Å². The van der Waals surface area contributed by atoms with Gasteiger partial charge in [-0.3, -0.25) is 24.4 Å². The molecule has 3 amide bonds. The van der Waals surface area contributed by atoms with Gasteiger partial charge in [0.25, 0.3) is 0 Å². The average Bonchev–Trinajstić information content (AvgIpc) is 3.94. The van der Waals surface area contributed by atoms with Gasteiger partial charge >= 0.3 is 12.2 Å². The number of nitrogens with zero attached hydrogens (tertiary/aromatic N) is 3. The molecule has 11 nitrogen and oxygen atoms in total. The van der Waals surface area contributed by atoms with E-state index in [4.69, 9.17) is 14.5 Å². The lowest BCUT2D eigenvalue weighted by Crippen LogP contribution is -2.43. The standard InChI is InChI=1S/C40H39N5O6/c46-37(35-13-7-21-44(35)39(48)50-25-27-9-3-1-4-10-27)23-31-19-20-32-34(41-31)24-33(43-32)29-15-17-30(18-16-29)42-38(47)36-14-8-22-45(36)40(49)51-26-28-11-5-2-6-12-28/h1-6,9-12,15-20,24,35-36,43H,7-8,13-14,21-23,25-26H2,(H,42,47)/t35-,36-/m0/s1. The van der Waals surface area contributed by atoms with Gasteiger partial charge in [0.1, 0.15) is 19.3 Å². The largest absolute Gasteiger partial charge is 0.445 e. The van der Waals surface area contributed by atoms with Crippen molar-refractivity contribution in [2.24, 2.45) is 0 Å². The van der Waals surface area contributed by atoms with Crippen LogP contribution >= 0.6 is 0 Å². The molecule has 5 aromatic rings. The second-order valence-corrected chi connectivity index (χ2v) is 12.9. The molecule has 0 aliphatic carbocycles. The van der Waals surface area contributed by atoms with Gasteiger partial charge in [0.2, 0.25) is 5.91 Å². The summed E-state index contributed by atoms with van der Waals surface area (Å²) in [7, 11) is 0. The monoisotopic (exact) mass is 685 g/mol. The number of H-pyrrole nitrogens is 1. The predicted molar refractivity (Wildman–Crippen MR) is 192 cm³/mol. The number of likely N-dealkylation sites (tertiary alicyclic amines) is 2. The Kier molecular flexibility index (Phi) is 10.0. The predicted octanol–water partition coefficient (Wildman–Crippen LogP) is 6.88. The van der Waals surface area contributed by atoms with Crippen LogP contribution in [0.15, 0.2) is 103 Å². The van der Waals surface area contributed by atoms with Crippen LogP contribution in [0.2, 0.25) is 0 Å². The molecule has 0 spiro atoms. The number of fused-ring (bicyclic) bond motifs is 1. The average molecular weight is 686 g/mol. The number of aromatic amines is 1. The zero-order chi connectivity index (χ0) is 35.2. The minimum atomic E-state index is -0.598. The quantitative estimate of drug-likeness (QED) is 0.164. The van der Waals surface area contributed by atoms with E-state index in [1.807, 2.05) is 103 Å². The molecule has 2 fully saturated rings. The van der Waals surface area contributed by atoms with E-state index < -0.39 is 24.3 Å². The van der Waals surface area contributed by atoms with E-state index in [1.165, 1.54) is 9.80 Å². The number of anilines is 1. The zero-order valence-electron chi connectivity index (χ0n) is 28.1. The van der Waals surface area contributed by atoms with Crippen molar-refractivity contribution in [3.05, 3.63) is 120 Å². The van der Waals surface area contributed by atoms with Gasteiger partial charge in [-0.25, -0.2) is 9.59 Å². The summed E-state index contributed by atoms with van der Waals surface area (Å²) in [5, 5.41) is 2.95. The number of hydrogen-bond acceptors (Lipinski definition) is 7. The number of hydrogen-bond donors (Lipinski definition) is 2. The van der Waals surface area contributed by atoms with Crippen molar-refractivity contribution in [3.63, 3.8) is 0 Å². The minimum Gasteiger partial charge on any atom is -0.445 e. The third-order valence-corrected chi connectivity index (χ3v) is 9.41. The van der Waals surface area contributed by atoms with E-state index in [0.29, 0.717) is 37.3 Å². The number of carbonyl (C=O) groups is 4. The molecule has 0 saturated carbocycles. The Balaban J connectivity index is 0.939. The topological polar surface area (TPSA) is 134 Å². The van der Waals surface area contributed by atoms with E-state index in [9.17, 15) is 19.2 Å². The summed E-state index contributed by atoms with van der Waals surface area (Å²) in [5.41, 5.74) is 6.31. The van der Waals surface area contributed by atoms with Crippen LogP contribution in [0.5, 0.6) is 0 Å². The highest BCUT2D eigenvalue weighted by atomic mass is 16.6. The third-order valence-electron chi connectivity index (χ3n) is 9.41. The molecule has 2 aliphatic rings. The Labute approximate surface area is 295 Å². The summed E-state index contributed by atoms with van der Waals surface area (Å²) in [5.74, 6) is -0.312. The summed E-state index contributed by atoms with van der Waals surface area (Å²) >= 11 is 0. The highest BCUT2D eigenvalue weighted by molar-refractivity contribution is 5.97. The highest BCUT2D eigenvalue weighted by Gasteiger charge is 2.36. The molecule has 2 aromatic heterocycles. The number of nitrogens with one attached hydrogen (secondary N) is 2. The molecule has 4 heterocycles. The number of Topliss-reactive ketones (excluding diaryl/α,β-unsaturated/α-hetero) is 1. The van der Waals surface area contributed by atoms with Crippen molar-refractivity contribution in [2.75, 3.05) is 18.4 Å². The third kappa shape index (κ3) is 7.93. The fourth-order valence-corrected chi connectivity index (χ4v) is 6.74. The van der Waals surface area contributed by atoms with Crippen LogP contribution in [0.4, 0.5) is 15.3 Å². The van der Waals surface area contributed by atoms with Gasteiger partial charge in [0, 0.05) is 30.2 Å². The molecular formula is C40H39N5O6. The van der Waals surface area contributed by atoms with E-state index in [1.54, 1.807) is 0 Å². The minimum absolute atomic E-state index is 0.0609. The maximum absolute atomic E-state index is 13.3. The molecule has 2 N–H and O–H groups in total. The van der Waals surface area contributed by atoms with Crippen LogP contribution in [-0.4, -0.2) is 68.8 Å². The number of ketones is 1. The van der Waals surface area contributed by atoms with Gasteiger partial charge in [0.15, 0.2) is 5.78 Å². The number of amides is 3. The van der Waals surface area contributed by atoms with Crippen molar-refractivity contribution >= 4 is 40.6 Å². The molecule has 260 valence electrons. The molecule has 2 aliphatic heterocycles. The second-order valence-electron chi connectivity index (χ2n) is 12.9. The van der Waals surface area contributed by atoms with Crippen LogP contribution in [0.3, 0.4) is 0 Å².